The number of aromatic nitrogens is 6. The minimum atomic E-state index is 0.328. The van der Waals surface area contributed by atoms with Crippen LogP contribution in [0.15, 0.2) is 12.5 Å². The van der Waals surface area contributed by atoms with Crippen molar-refractivity contribution in [1.29, 1.82) is 0 Å². The standard InChI is InChI=1S/C19H21ClN6S/c1-19(2,3)10-5-6-11-13(7-10)27-18-14(11)17-23-16(24-26(17)9-21-18)15-12(20)8-22-25(15)4/h8-10H,5-7H2,1-4H3/t10-/m1/s1. The summed E-state index contributed by atoms with van der Waals surface area (Å²) < 4.78 is 3.47. The number of fused-ring (bicyclic) bond motifs is 5. The van der Waals surface area contributed by atoms with Crippen molar-refractivity contribution in [2.45, 2.75) is 40.0 Å². The second kappa shape index (κ2) is 5.75. The number of aryl methyl sites for hydroxylation is 2. The molecular weight excluding hydrogens is 380 g/mol. The average molecular weight is 401 g/mol. The molecule has 140 valence electrons. The molecule has 0 fully saturated rings. The summed E-state index contributed by atoms with van der Waals surface area (Å²) in [5, 5.41) is 10.5. The van der Waals surface area contributed by atoms with E-state index in [1.54, 1.807) is 21.7 Å². The van der Waals surface area contributed by atoms with Crippen LogP contribution in [0.4, 0.5) is 0 Å². The van der Waals surface area contributed by atoms with Gasteiger partial charge in [0.1, 0.15) is 16.9 Å². The Morgan fingerprint density at radius 1 is 1.30 bits per heavy atom. The Morgan fingerprint density at radius 3 is 2.81 bits per heavy atom. The van der Waals surface area contributed by atoms with Crippen LogP contribution in [0.5, 0.6) is 0 Å². The second-order valence-corrected chi connectivity index (χ2v) is 9.89. The summed E-state index contributed by atoms with van der Waals surface area (Å²) in [5.41, 5.74) is 3.32. The average Bonchev–Trinajstić information content (AvgIpc) is 3.27. The first kappa shape index (κ1) is 17.1. The van der Waals surface area contributed by atoms with E-state index in [-0.39, 0.29) is 0 Å². The van der Waals surface area contributed by atoms with Crippen LogP contribution in [0.1, 0.15) is 37.6 Å². The quantitative estimate of drug-likeness (QED) is 0.470. The van der Waals surface area contributed by atoms with Gasteiger partial charge in [-0.15, -0.1) is 16.4 Å². The third-order valence-electron chi connectivity index (χ3n) is 5.72. The number of hydrogen-bond acceptors (Lipinski definition) is 5. The van der Waals surface area contributed by atoms with Gasteiger partial charge in [-0.25, -0.2) is 14.5 Å². The summed E-state index contributed by atoms with van der Waals surface area (Å²) in [6, 6.07) is 0. The normalized spacial score (nSPS) is 17.7. The molecule has 8 heteroatoms. The molecule has 0 aromatic carbocycles. The topological polar surface area (TPSA) is 60.9 Å². The van der Waals surface area contributed by atoms with Crippen molar-refractivity contribution in [3.63, 3.8) is 0 Å². The first-order valence-electron chi connectivity index (χ1n) is 9.16. The zero-order valence-corrected chi connectivity index (χ0v) is 17.4. The maximum absolute atomic E-state index is 6.29. The lowest BCUT2D eigenvalue weighted by molar-refractivity contribution is 0.218. The summed E-state index contributed by atoms with van der Waals surface area (Å²) in [5.74, 6) is 1.29. The number of halogens is 1. The van der Waals surface area contributed by atoms with Crippen molar-refractivity contribution in [3.8, 4) is 11.5 Å². The highest BCUT2D eigenvalue weighted by atomic mass is 35.5. The summed E-state index contributed by atoms with van der Waals surface area (Å²) in [6.07, 6.45) is 6.78. The molecular formula is C19H21ClN6S. The van der Waals surface area contributed by atoms with Crippen molar-refractivity contribution in [3.05, 3.63) is 28.0 Å². The molecule has 6 nitrogen and oxygen atoms in total. The summed E-state index contributed by atoms with van der Waals surface area (Å²) >= 11 is 8.10. The summed E-state index contributed by atoms with van der Waals surface area (Å²) in [7, 11) is 1.85. The predicted octanol–water partition coefficient (Wildman–Crippen LogP) is 4.54. The largest absolute Gasteiger partial charge is 0.263 e. The first-order chi connectivity index (χ1) is 12.8. The van der Waals surface area contributed by atoms with Crippen molar-refractivity contribution in [1.82, 2.24) is 29.4 Å². The molecule has 1 atom stereocenters. The van der Waals surface area contributed by atoms with Crippen molar-refractivity contribution < 1.29 is 0 Å². The number of thiophene rings is 1. The molecule has 0 amide bonds. The zero-order chi connectivity index (χ0) is 18.9. The van der Waals surface area contributed by atoms with Crippen molar-refractivity contribution in [2.24, 2.45) is 18.4 Å². The van der Waals surface area contributed by atoms with Gasteiger partial charge in [0.05, 0.1) is 16.6 Å². The van der Waals surface area contributed by atoms with Gasteiger partial charge in [0.2, 0.25) is 5.82 Å². The first-order valence-corrected chi connectivity index (χ1v) is 10.4. The van der Waals surface area contributed by atoms with Gasteiger partial charge in [0.15, 0.2) is 5.65 Å². The Morgan fingerprint density at radius 2 is 2.11 bits per heavy atom. The smallest absolute Gasteiger partial charge is 0.202 e. The lowest BCUT2D eigenvalue weighted by Crippen LogP contribution is -2.26. The molecule has 0 aliphatic heterocycles. The SMILES string of the molecule is Cn1ncc(Cl)c1-c1nc2c3c4c(sc3ncn2n1)C[C@H](C(C)(C)C)CC4. The van der Waals surface area contributed by atoms with Gasteiger partial charge >= 0.3 is 0 Å². The van der Waals surface area contributed by atoms with E-state index in [2.05, 4.69) is 36.0 Å². The molecule has 0 saturated heterocycles. The van der Waals surface area contributed by atoms with E-state index in [1.165, 1.54) is 16.9 Å². The Labute approximate surface area is 166 Å². The third-order valence-corrected chi connectivity index (χ3v) is 7.16. The molecule has 4 aromatic rings. The lowest BCUT2D eigenvalue weighted by atomic mass is 9.72. The van der Waals surface area contributed by atoms with E-state index >= 15 is 0 Å². The van der Waals surface area contributed by atoms with E-state index in [4.69, 9.17) is 16.6 Å². The van der Waals surface area contributed by atoms with E-state index in [0.717, 1.165) is 34.4 Å². The minimum absolute atomic E-state index is 0.328. The Hall–Kier alpha value is -1.99. The summed E-state index contributed by atoms with van der Waals surface area (Å²) in [4.78, 5) is 12.0. The van der Waals surface area contributed by atoms with E-state index in [9.17, 15) is 0 Å². The van der Waals surface area contributed by atoms with E-state index in [0.29, 0.717) is 22.2 Å². The third kappa shape index (κ3) is 2.59. The lowest BCUT2D eigenvalue weighted by Gasteiger charge is -2.33. The fraction of sp³-hybridized carbons (Fsp3) is 0.474. The molecule has 1 aliphatic carbocycles. The van der Waals surface area contributed by atoms with Crippen LogP contribution in [0.25, 0.3) is 27.4 Å². The fourth-order valence-electron chi connectivity index (χ4n) is 4.08. The highest BCUT2D eigenvalue weighted by molar-refractivity contribution is 7.19. The molecule has 0 N–H and O–H groups in total. The van der Waals surface area contributed by atoms with Gasteiger partial charge in [-0.3, -0.25) is 4.68 Å². The number of nitrogens with zero attached hydrogens (tertiary/aromatic N) is 6. The number of rotatable bonds is 1. The highest BCUT2D eigenvalue weighted by Crippen LogP contribution is 2.43. The van der Waals surface area contributed by atoms with Crippen LogP contribution < -0.4 is 0 Å². The van der Waals surface area contributed by atoms with E-state index in [1.807, 2.05) is 18.4 Å². The minimum Gasteiger partial charge on any atom is -0.263 e. The Bertz CT molecular complexity index is 1160. The second-order valence-electron chi connectivity index (χ2n) is 8.40. The summed E-state index contributed by atoms with van der Waals surface area (Å²) in [6.45, 7) is 7.03. The van der Waals surface area contributed by atoms with Gasteiger partial charge in [0.25, 0.3) is 0 Å². The van der Waals surface area contributed by atoms with Crippen LogP contribution >= 0.6 is 22.9 Å². The maximum Gasteiger partial charge on any atom is 0.202 e. The molecule has 0 unspecified atom stereocenters. The van der Waals surface area contributed by atoms with Crippen LogP contribution in [-0.4, -0.2) is 29.4 Å². The maximum atomic E-state index is 6.29. The van der Waals surface area contributed by atoms with Crippen LogP contribution in [-0.2, 0) is 19.9 Å². The molecule has 0 spiro atoms. The molecule has 0 bridgehead atoms. The molecule has 1 aliphatic rings. The van der Waals surface area contributed by atoms with Gasteiger partial charge in [-0.1, -0.05) is 32.4 Å². The fourth-order valence-corrected chi connectivity index (χ4v) is 5.59. The van der Waals surface area contributed by atoms with Crippen LogP contribution in [0, 0.1) is 11.3 Å². The van der Waals surface area contributed by atoms with Crippen LogP contribution in [0.2, 0.25) is 5.02 Å². The molecule has 0 saturated carbocycles. The van der Waals surface area contributed by atoms with Crippen molar-refractivity contribution in [2.75, 3.05) is 0 Å². The Kier molecular flexibility index (Phi) is 3.65. The van der Waals surface area contributed by atoms with Gasteiger partial charge in [-0.2, -0.15) is 5.10 Å². The van der Waals surface area contributed by atoms with Crippen molar-refractivity contribution >= 4 is 38.8 Å². The molecule has 4 aromatic heterocycles. The van der Waals surface area contributed by atoms with Gasteiger partial charge in [0, 0.05) is 11.9 Å². The van der Waals surface area contributed by atoms with Gasteiger partial charge in [-0.05, 0) is 36.2 Å². The van der Waals surface area contributed by atoms with Crippen LogP contribution in [0.3, 0.4) is 0 Å². The zero-order valence-electron chi connectivity index (χ0n) is 15.8. The monoisotopic (exact) mass is 400 g/mol. The van der Waals surface area contributed by atoms with E-state index < -0.39 is 0 Å². The van der Waals surface area contributed by atoms with Gasteiger partial charge < -0.3 is 0 Å². The molecule has 4 heterocycles. The molecule has 27 heavy (non-hydrogen) atoms. The molecule has 5 rings (SSSR count). The Balaban J connectivity index is 1.69. The molecule has 0 radical (unpaired) electrons. The predicted molar refractivity (Wildman–Crippen MR) is 108 cm³/mol. The number of hydrogen-bond donors (Lipinski definition) is 0. The highest BCUT2D eigenvalue weighted by Gasteiger charge is 2.32.